The van der Waals surface area contributed by atoms with Crippen LogP contribution in [0.3, 0.4) is 0 Å². The van der Waals surface area contributed by atoms with E-state index in [1.807, 2.05) is 0 Å². The standard InChI is InChI=1S/C10H18N2O2/c1-3-11-6-4-10-12-8-9(14-10)5-7-13-2/h8,11H,3-7H2,1-2H3. The summed E-state index contributed by atoms with van der Waals surface area (Å²) in [4.78, 5) is 4.18. The molecule has 1 heterocycles. The van der Waals surface area contributed by atoms with Crippen molar-refractivity contribution in [1.82, 2.24) is 10.3 Å². The molecule has 0 aromatic carbocycles. The van der Waals surface area contributed by atoms with Crippen LogP contribution in [-0.2, 0) is 17.6 Å². The predicted molar refractivity (Wildman–Crippen MR) is 54.3 cm³/mol. The quantitative estimate of drug-likeness (QED) is 0.664. The van der Waals surface area contributed by atoms with Crippen LogP contribution in [0.1, 0.15) is 18.6 Å². The number of likely N-dealkylation sites (N-methyl/N-ethyl adjacent to an activating group) is 1. The minimum atomic E-state index is 0.682. The van der Waals surface area contributed by atoms with E-state index in [0.29, 0.717) is 6.61 Å². The van der Waals surface area contributed by atoms with E-state index in [4.69, 9.17) is 9.15 Å². The molecular formula is C10H18N2O2. The summed E-state index contributed by atoms with van der Waals surface area (Å²) in [7, 11) is 1.68. The maximum atomic E-state index is 5.50. The number of aromatic nitrogens is 1. The zero-order valence-corrected chi connectivity index (χ0v) is 8.88. The van der Waals surface area contributed by atoms with E-state index in [9.17, 15) is 0 Å². The third-order valence-corrected chi connectivity index (χ3v) is 1.92. The minimum Gasteiger partial charge on any atom is -0.446 e. The molecule has 0 radical (unpaired) electrons. The minimum absolute atomic E-state index is 0.682. The molecule has 0 bridgehead atoms. The van der Waals surface area contributed by atoms with Crippen LogP contribution in [0, 0.1) is 0 Å². The molecular weight excluding hydrogens is 180 g/mol. The number of hydrogen-bond donors (Lipinski definition) is 1. The fraction of sp³-hybridized carbons (Fsp3) is 0.700. The number of oxazole rings is 1. The first-order valence-corrected chi connectivity index (χ1v) is 5.00. The Morgan fingerprint density at radius 2 is 2.36 bits per heavy atom. The molecule has 0 amide bonds. The van der Waals surface area contributed by atoms with Crippen LogP contribution < -0.4 is 5.32 Å². The fourth-order valence-corrected chi connectivity index (χ4v) is 1.15. The summed E-state index contributed by atoms with van der Waals surface area (Å²) in [5.74, 6) is 1.70. The summed E-state index contributed by atoms with van der Waals surface area (Å²) in [5.41, 5.74) is 0. The highest BCUT2D eigenvalue weighted by Crippen LogP contribution is 2.04. The highest BCUT2D eigenvalue weighted by Gasteiger charge is 2.02. The number of methoxy groups -OCH3 is 1. The Hall–Kier alpha value is -0.870. The first-order valence-electron chi connectivity index (χ1n) is 5.00. The third-order valence-electron chi connectivity index (χ3n) is 1.92. The average Bonchev–Trinajstić information content (AvgIpc) is 2.63. The van der Waals surface area contributed by atoms with Crippen LogP contribution in [0.25, 0.3) is 0 Å². The van der Waals surface area contributed by atoms with Crippen molar-refractivity contribution < 1.29 is 9.15 Å². The lowest BCUT2D eigenvalue weighted by molar-refractivity contribution is 0.196. The smallest absolute Gasteiger partial charge is 0.195 e. The highest BCUT2D eigenvalue weighted by atomic mass is 16.5. The van der Waals surface area contributed by atoms with Gasteiger partial charge < -0.3 is 14.5 Å². The molecule has 0 saturated carbocycles. The number of hydrogen-bond acceptors (Lipinski definition) is 4. The summed E-state index contributed by atoms with van der Waals surface area (Å²) in [6, 6.07) is 0. The molecule has 0 spiro atoms. The summed E-state index contributed by atoms with van der Waals surface area (Å²) < 4.78 is 10.5. The van der Waals surface area contributed by atoms with E-state index in [-0.39, 0.29) is 0 Å². The molecule has 80 valence electrons. The molecule has 1 N–H and O–H groups in total. The van der Waals surface area contributed by atoms with Gasteiger partial charge in [-0.15, -0.1) is 0 Å². The SMILES string of the molecule is CCNCCc1ncc(CCOC)o1. The molecule has 1 aromatic heterocycles. The normalized spacial score (nSPS) is 10.7. The molecule has 0 aliphatic rings. The first-order chi connectivity index (χ1) is 6.86. The van der Waals surface area contributed by atoms with E-state index >= 15 is 0 Å². The summed E-state index contributed by atoms with van der Waals surface area (Å²) >= 11 is 0. The second kappa shape index (κ2) is 6.56. The third kappa shape index (κ3) is 3.89. The van der Waals surface area contributed by atoms with Gasteiger partial charge in [0, 0.05) is 26.5 Å². The zero-order chi connectivity index (χ0) is 10.2. The molecule has 1 rings (SSSR count). The van der Waals surface area contributed by atoms with Gasteiger partial charge in [0.2, 0.25) is 0 Å². The molecule has 1 aromatic rings. The number of rotatable bonds is 7. The van der Waals surface area contributed by atoms with E-state index in [2.05, 4.69) is 17.2 Å². The number of nitrogens with zero attached hydrogens (tertiary/aromatic N) is 1. The Balaban J connectivity index is 2.27. The molecule has 4 heteroatoms. The summed E-state index contributed by atoms with van der Waals surface area (Å²) in [5, 5.41) is 3.22. The van der Waals surface area contributed by atoms with Gasteiger partial charge in [-0.05, 0) is 6.54 Å². The molecule has 14 heavy (non-hydrogen) atoms. The van der Waals surface area contributed by atoms with Crippen molar-refractivity contribution in [2.75, 3.05) is 26.8 Å². The molecule has 0 fully saturated rings. The van der Waals surface area contributed by atoms with Gasteiger partial charge in [-0.2, -0.15) is 0 Å². The van der Waals surface area contributed by atoms with Gasteiger partial charge in [0.15, 0.2) is 5.89 Å². The maximum absolute atomic E-state index is 5.50. The Morgan fingerprint density at radius 1 is 1.50 bits per heavy atom. The molecule has 0 aliphatic heterocycles. The number of ether oxygens (including phenoxy) is 1. The molecule has 0 unspecified atom stereocenters. The van der Waals surface area contributed by atoms with Crippen LogP contribution in [0.5, 0.6) is 0 Å². The summed E-state index contributed by atoms with van der Waals surface area (Å²) in [6.07, 6.45) is 3.42. The summed E-state index contributed by atoms with van der Waals surface area (Å²) in [6.45, 7) is 4.67. The van der Waals surface area contributed by atoms with Gasteiger partial charge >= 0.3 is 0 Å². The maximum Gasteiger partial charge on any atom is 0.195 e. The fourth-order valence-electron chi connectivity index (χ4n) is 1.15. The van der Waals surface area contributed by atoms with Gasteiger partial charge in [-0.1, -0.05) is 6.92 Å². The Labute approximate surface area is 84.7 Å². The predicted octanol–water partition coefficient (Wildman–Crippen LogP) is 1.02. The van der Waals surface area contributed by atoms with Crippen molar-refractivity contribution in [3.63, 3.8) is 0 Å². The monoisotopic (exact) mass is 198 g/mol. The van der Waals surface area contributed by atoms with Crippen molar-refractivity contribution in [3.8, 4) is 0 Å². The van der Waals surface area contributed by atoms with Crippen molar-refractivity contribution >= 4 is 0 Å². The van der Waals surface area contributed by atoms with Crippen LogP contribution in [0.2, 0.25) is 0 Å². The van der Waals surface area contributed by atoms with Crippen LogP contribution in [-0.4, -0.2) is 31.8 Å². The molecule has 4 nitrogen and oxygen atoms in total. The largest absolute Gasteiger partial charge is 0.446 e. The van der Waals surface area contributed by atoms with Crippen LogP contribution in [0.4, 0.5) is 0 Å². The first kappa shape index (κ1) is 11.2. The topological polar surface area (TPSA) is 47.3 Å². The lowest BCUT2D eigenvalue weighted by Crippen LogP contribution is -2.16. The average molecular weight is 198 g/mol. The van der Waals surface area contributed by atoms with Crippen molar-refractivity contribution in [3.05, 3.63) is 17.8 Å². The van der Waals surface area contributed by atoms with Crippen LogP contribution in [0.15, 0.2) is 10.6 Å². The second-order valence-corrected chi connectivity index (χ2v) is 3.07. The van der Waals surface area contributed by atoms with Gasteiger partial charge in [0.25, 0.3) is 0 Å². The molecule has 0 saturated heterocycles. The Morgan fingerprint density at radius 3 is 3.07 bits per heavy atom. The second-order valence-electron chi connectivity index (χ2n) is 3.07. The lowest BCUT2D eigenvalue weighted by atomic mass is 10.4. The van der Waals surface area contributed by atoms with E-state index < -0.39 is 0 Å². The van der Waals surface area contributed by atoms with E-state index in [0.717, 1.165) is 37.6 Å². The molecule has 0 atom stereocenters. The number of nitrogens with one attached hydrogen (secondary N) is 1. The molecule has 0 aliphatic carbocycles. The lowest BCUT2D eigenvalue weighted by Gasteiger charge is -1.97. The Kier molecular flexibility index (Phi) is 5.25. The zero-order valence-electron chi connectivity index (χ0n) is 8.88. The van der Waals surface area contributed by atoms with Gasteiger partial charge in [-0.3, -0.25) is 0 Å². The van der Waals surface area contributed by atoms with E-state index in [1.165, 1.54) is 0 Å². The van der Waals surface area contributed by atoms with E-state index in [1.54, 1.807) is 13.3 Å². The van der Waals surface area contributed by atoms with Crippen molar-refractivity contribution in [2.45, 2.75) is 19.8 Å². The van der Waals surface area contributed by atoms with Gasteiger partial charge in [0.05, 0.1) is 12.8 Å². The highest BCUT2D eigenvalue weighted by molar-refractivity contribution is 4.94. The van der Waals surface area contributed by atoms with Crippen molar-refractivity contribution in [2.24, 2.45) is 0 Å². The van der Waals surface area contributed by atoms with Gasteiger partial charge in [0.1, 0.15) is 5.76 Å². The van der Waals surface area contributed by atoms with Gasteiger partial charge in [-0.25, -0.2) is 4.98 Å². The Bertz CT molecular complexity index is 248. The van der Waals surface area contributed by atoms with Crippen LogP contribution >= 0.6 is 0 Å². The van der Waals surface area contributed by atoms with Crippen molar-refractivity contribution in [1.29, 1.82) is 0 Å².